The second-order valence-electron chi connectivity index (χ2n) is 6.29. The Morgan fingerprint density at radius 1 is 0.962 bits per heavy atom. The molecule has 0 aliphatic carbocycles. The number of methoxy groups -OCH3 is 1. The monoisotopic (exact) mass is 369 g/mol. The summed E-state index contributed by atoms with van der Waals surface area (Å²) in [7, 11) is -1.97. The minimum Gasteiger partial charge on any atom is -0.497 e. The number of hydrogen-bond acceptors (Lipinski definition) is 3. The van der Waals surface area contributed by atoms with Crippen molar-refractivity contribution in [1.29, 1.82) is 0 Å². The van der Waals surface area contributed by atoms with Crippen LogP contribution in [0.2, 0.25) is 0 Å². The Bertz CT molecular complexity index is 985. The van der Waals surface area contributed by atoms with Gasteiger partial charge in [-0.1, -0.05) is 49.4 Å². The SMILES string of the molecule is CCC(Cc1ccccc1)NS(=O)(=O)c1ccc2cc(OC)ccc2c1. The minimum atomic E-state index is -3.58. The molecule has 0 bridgehead atoms. The van der Waals surface area contributed by atoms with Crippen LogP contribution in [0.15, 0.2) is 71.6 Å². The van der Waals surface area contributed by atoms with Crippen LogP contribution in [0, 0.1) is 0 Å². The summed E-state index contributed by atoms with van der Waals surface area (Å²) in [6, 6.07) is 20.5. The maximum absolute atomic E-state index is 12.8. The van der Waals surface area contributed by atoms with Crippen molar-refractivity contribution in [3.05, 3.63) is 72.3 Å². The number of fused-ring (bicyclic) bond motifs is 1. The van der Waals surface area contributed by atoms with Crippen molar-refractivity contribution in [2.24, 2.45) is 0 Å². The van der Waals surface area contributed by atoms with Crippen molar-refractivity contribution in [2.75, 3.05) is 7.11 Å². The van der Waals surface area contributed by atoms with Gasteiger partial charge in [0, 0.05) is 6.04 Å². The molecule has 3 aromatic carbocycles. The third-order valence-corrected chi connectivity index (χ3v) is 5.99. The van der Waals surface area contributed by atoms with Gasteiger partial charge in [-0.25, -0.2) is 13.1 Å². The molecule has 3 aromatic rings. The summed E-state index contributed by atoms with van der Waals surface area (Å²) in [4.78, 5) is 0.279. The zero-order chi connectivity index (χ0) is 18.6. The molecule has 3 rings (SSSR count). The maximum Gasteiger partial charge on any atom is 0.240 e. The first-order chi connectivity index (χ1) is 12.5. The lowest BCUT2D eigenvalue weighted by Crippen LogP contribution is -2.35. The van der Waals surface area contributed by atoms with E-state index in [4.69, 9.17) is 4.74 Å². The average molecular weight is 369 g/mol. The molecule has 4 nitrogen and oxygen atoms in total. The molecule has 0 aliphatic heterocycles. The van der Waals surface area contributed by atoms with Crippen LogP contribution >= 0.6 is 0 Å². The molecule has 136 valence electrons. The minimum absolute atomic E-state index is 0.144. The standard InChI is InChI=1S/C21H23NO3S/c1-3-19(13-16-7-5-4-6-8-16)22-26(23,24)21-12-10-17-14-20(25-2)11-9-18(17)15-21/h4-12,14-15,19,22H,3,13H2,1-2H3. The zero-order valence-corrected chi connectivity index (χ0v) is 15.8. The van der Waals surface area contributed by atoms with Gasteiger partial charge in [-0.3, -0.25) is 0 Å². The lowest BCUT2D eigenvalue weighted by atomic mass is 10.1. The summed E-state index contributed by atoms with van der Waals surface area (Å²) in [5.74, 6) is 0.750. The number of sulfonamides is 1. The van der Waals surface area contributed by atoms with Crippen molar-refractivity contribution in [2.45, 2.75) is 30.7 Å². The molecular weight excluding hydrogens is 346 g/mol. The van der Waals surface area contributed by atoms with E-state index in [-0.39, 0.29) is 10.9 Å². The third-order valence-electron chi connectivity index (χ3n) is 4.47. The summed E-state index contributed by atoms with van der Waals surface area (Å²) in [6.07, 6.45) is 1.39. The highest BCUT2D eigenvalue weighted by molar-refractivity contribution is 7.89. The molecule has 1 unspecified atom stereocenters. The topological polar surface area (TPSA) is 55.4 Å². The van der Waals surface area contributed by atoms with E-state index in [1.54, 1.807) is 19.2 Å². The number of ether oxygens (including phenoxy) is 1. The molecule has 0 spiro atoms. The largest absolute Gasteiger partial charge is 0.497 e. The van der Waals surface area contributed by atoms with Gasteiger partial charge in [0.2, 0.25) is 10.0 Å². The van der Waals surface area contributed by atoms with E-state index < -0.39 is 10.0 Å². The highest BCUT2D eigenvalue weighted by Gasteiger charge is 2.19. The Kier molecular flexibility index (Phi) is 5.59. The molecule has 0 saturated carbocycles. The maximum atomic E-state index is 12.8. The van der Waals surface area contributed by atoms with Crippen LogP contribution in [0.1, 0.15) is 18.9 Å². The number of nitrogens with one attached hydrogen (secondary N) is 1. The lowest BCUT2D eigenvalue weighted by Gasteiger charge is -2.17. The smallest absolute Gasteiger partial charge is 0.240 e. The Hall–Kier alpha value is -2.37. The number of rotatable bonds is 7. The zero-order valence-electron chi connectivity index (χ0n) is 15.0. The highest BCUT2D eigenvalue weighted by Crippen LogP contribution is 2.24. The number of benzene rings is 3. The van der Waals surface area contributed by atoms with E-state index in [9.17, 15) is 8.42 Å². The second kappa shape index (κ2) is 7.89. The van der Waals surface area contributed by atoms with Crippen LogP contribution in [0.5, 0.6) is 5.75 Å². The fourth-order valence-corrected chi connectivity index (χ4v) is 4.31. The first-order valence-electron chi connectivity index (χ1n) is 8.66. The van der Waals surface area contributed by atoms with Gasteiger partial charge in [0.15, 0.2) is 0 Å². The molecule has 5 heteroatoms. The van der Waals surface area contributed by atoms with Gasteiger partial charge in [0.25, 0.3) is 0 Å². The average Bonchev–Trinajstić information content (AvgIpc) is 2.67. The van der Waals surface area contributed by atoms with E-state index in [1.807, 2.05) is 61.5 Å². The lowest BCUT2D eigenvalue weighted by molar-refractivity contribution is 0.415. The van der Waals surface area contributed by atoms with Crippen LogP contribution in [-0.2, 0) is 16.4 Å². The van der Waals surface area contributed by atoms with Gasteiger partial charge >= 0.3 is 0 Å². The molecule has 0 radical (unpaired) electrons. The van der Waals surface area contributed by atoms with Crippen LogP contribution in [0.3, 0.4) is 0 Å². The fraction of sp³-hybridized carbons (Fsp3) is 0.238. The van der Waals surface area contributed by atoms with E-state index in [1.165, 1.54) is 0 Å². The van der Waals surface area contributed by atoms with Gasteiger partial charge in [0.05, 0.1) is 12.0 Å². The molecule has 0 fully saturated rings. The molecule has 0 aliphatic rings. The third kappa shape index (κ3) is 4.23. The Balaban J connectivity index is 1.83. The van der Waals surface area contributed by atoms with Crippen LogP contribution < -0.4 is 9.46 Å². The van der Waals surface area contributed by atoms with Gasteiger partial charge < -0.3 is 4.74 Å². The Morgan fingerprint density at radius 3 is 2.35 bits per heavy atom. The molecule has 0 amide bonds. The highest BCUT2D eigenvalue weighted by atomic mass is 32.2. The fourth-order valence-electron chi connectivity index (χ4n) is 2.95. The van der Waals surface area contributed by atoms with Crippen molar-refractivity contribution in [3.63, 3.8) is 0 Å². The normalized spacial score (nSPS) is 12.8. The Morgan fingerprint density at radius 2 is 1.65 bits per heavy atom. The van der Waals surface area contributed by atoms with Gasteiger partial charge in [0.1, 0.15) is 5.75 Å². The molecular formula is C21H23NO3S. The van der Waals surface area contributed by atoms with E-state index >= 15 is 0 Å². The van der Waals surface area contributed by atoms with Crippen LogP contribution in [0.25, 0.3) is 10.8 Å². The number of hydrogen-bond donors (Lipinski definition) is 1. The van der Waals surface area contributed by atoms with Crippen molar-refractivity contribution < 1.29 is 13.2 Å². The van der Waals surface area contributed by atoms with Crippen molar-refractivity contribution >= 4 is 20.8 Å². The molecule has 0 heterocycles. The quantitative estimate of drug-likeness (QED) is 0.681. The van der Waals surface area contributed by atoms with E-state index in [0.29, 0.717) is 6.42 Å². The molecule has 0 saturated heterocycles. The van der Waals surface area contributed by atoms with Crippen LogP contribution in [0.4, 0.5) is 0 Å². The predicted octanol–water partition coefficient (Wildman–Crippen LogP) is 4.15. The molecule has 1 N–H and O–H groups in total. The summed E-state index contributed by atoms with van der Waals surface area (Å²) >= 11 is 0. The van der Waals surface area contributed by atoms with E-state index in [0.717, 1.165) is 28.5 Å². The summed E-state index contributed by atoms with van der Waals surface area (Å²) < 4.78 is 33.7. The Labute approximate surface area is 154 Å². The van der Waals surface area contributed by atoms with Gasteiger partial charge in [-0.15, -0.1) is 0 Å². The molecule has 26 heavy (non-hydrogen) atoms. The summed E-state index contributed by atoms with van der Waals surface area (Å²) in [5, 5.41) is 1.81. The second-order valence-corrected chi connectivity index (χ2v) is 8.01. The molecule has 1 atom stereocenters. The first kappa shape index (κ1) is 18.4. The van der Waals surface area contributed by atoms with Gasteiger partial charge in [-0.05, 0) is 53.4 Å². The van der Waals surface area contributed by atoms with Gasteiger partial charge in [-0.2, -0.15) is 0 Å². The predicted molar refractivity (Wildman–Crippen MR) is 105 cm³/mol. The summed E-state index contributed by atoms with van der Waals surface area (Å²) in [6.45, 7) is 1.99. The first-order valence-corrected chi connectivity index (χ1v) is 10.1. The molecule has 0 aromatic heterocycles. The van der Waals surface area contributed by atoms with E-state index in [2.05, 4.69) is 4.72 Å². The van der Waals surface area contributed by atoms with Crippen LogP contribution in [-0.4, -0.2) is 21.6 Å². The van der Waals surface area contributed by atoms with Crippen molar-refractivity contribution in [1.82, 2.24) is 4.72 Å². The summed E-state index contributed by atoms with van der Waals surface area (Å²) in [5.41, 5.74) is 1.12. The van der Waals surface area contributed by atoms with Crippen molar-refractivity contribution in [3.8, 4) is 5.75 Å².